The Balaban J connectivity index is 2.29. The van der Waals surface area contributed by atoms with Crippen molar-refractivity contribution in [2.24, 2.45) is 0 Å². The Labute approximate surface area is 157 Å². The van der Waals surface area contributed by atoms with Crippen LogP contribution in [0, 0.1) is 0 Å². The standard InChI is InChI=1S/C21H20N2O2S/c1-4-19(26-5-2)17-12-16-18(10-11-22-21(16)25-3)23-20(17)15-8-6-14(13-24)7-9-15/h4,6-13H,5H2,1-3H3/b19-4-. The predicted octanol–water partition coefficient (Wildman–Crippen LogP) is 5.23. The van der Waals surface area contributed by atoms with Gasteiger partial charge in [0.25, 0.3) is 0 Å². The first kappa shape index (κ1) is 18.1. The maximum Gasteiger partial charge on any atom is 0.222 e. The van der Waals surface area contributed by atoms with Gasteiger partial charge < -0.3 is 4.74 Å². The van der Waals surface area contributed by atoms with Gasteiger partial charge in [-0.2, -0.15) is 0 Å². The molecular formula is C21H20N2O2S. The van der Waals surface area contributed by atoms with Gasteiger partial charge in [0, 0.05) is 27.8 Å². The Morgan fingerprint density at radius 2 is 2.00 bits per heavy atom. The van der Waals surface area contributed by atoms with Gasteiger partial charge in [0.1, 0.15) is 6.29 Å². The maximum atomic E-state index is 11.0. The molecule has 0 aliphatic carbocycles. The largest absolute Gasteiger partial charge is 0.481 e. The quantitative estimate of drug-likeness (QED) is 0.560. The van der Waals surface area contributed by atoms with E-state index in [4.69, 9.17) is 9.72 Å². The lowest BCUT2D eigenvalue weighted by Gasteiger charge is -2.14. The van der Waals surface area contributed by atoms with E-state index in [2.05, 4.69) is 24.1 Å². The third kappa shape index (κ3) is 3.48. The fourth-order valence-electron chi connectivity index (χ4n) is 2.83. The zero-order valence-corrected chi connectivity index (χ0v) is 15.8. The van der Waals surface area contributed by atoms with Gasteiger partial charge in [-0.1, -0.05) is 37.3 Å². The molecule has 0 N–H and O–H groups in total. The van der Waals surface area contributed by atoms with Gasteiger partial charge in [-0.25, -0.2) is 9.97 Å². The highest BCUT2D eigenvalue weighted by Crippen LogP contribution is 2.37. The first-order valence-corrected chi connectivity index (χ1v) is 9.39. The van der Waals surface area contributed by atoms with E-state index >= 15 is 0 Å². The number of rotatable bonds is 6. The van der Waals surface area contributed by atoms with Gasteiger partial charge in [0.05, 0.1) is 23.7 Å². The summed E-state index contributed by atoms with van der Waals surface area (Å²) in [4.78, 5) is 21.3. The summed E-state index contributed by atoms with van der Waals surface area (Å²) in [5, 5.41) is 0.884. The molecule has 0 bridgehead atoms. The molecule has 0 aliphatic heterocycles. The highest BCUT2D eigenvalue weighted by Gasteiger charge is 2.15. The fourth-order valence-corrected chi connectivity index (χ4v) is 3.62. The van der Waals surface area contributed by atoms with Crippen LogP contribution in [-0.2, 0) is 0 Å². The van der Waals surface area contributed by atoms with E-state index in [1.807, 2.05) is 37.3 Å². The van der Waals surface area contributed by atoms with Crippen LogP contribution in [0.1, 0.15) is 29.8 Å². The van der Waals surface area contributed by atoms with Gasteiger partial charge >= 0.3 is 0 Å². The molecule has 0 fully saturated rings. The Morgan fingerprint density at radius 3 is 2.62 bits per heavy atom. The third-order valence-corrected chi connectivity index (χ3v) is 5.10. The average Bonchev–Trinajstić information content (AvgIpc) is 2.70. The van der Waals surface area contributed by atoms with Crippen molar-refractivity contribution in [1.29, 1.82) is 0 Å². The van der Waals surface area contributed by atoms with Gasteiger partial charge in [0.15, 0.2) is 0 Å². The van der Waals surface area contributed by atoms with E-state index in [0.29, 0.717) is 11.4 Å². The summed E-state index contributed by atoms with van der Waals surface area (Å²) in [7, 11) is 1.62. The number of fused-ring (bicyclic) bond motifs is 1. The second-order valence-corrected chi connectivity index (χ2v) is 6.90. The molecule has 3 rings (SSSR count). The van der Waals surface area contributed by atoms with Crippen LogP contribution in [0.4, 0.5) is 0 Å². The van der Waals surface area contributed by atoms with Crippen molar-refractivity contribution in [1.82, 2.24) is 9.97 Å². The van der Waals surface area contributed by atoms with Crippen LogP contribution in [0.3, 0.4) is 0 Å². The second-order valence-electron chi connectivity index (χ2n) is 5.60. The van der Waals surface area contributed by atoms with E-state index < -0.39 is 0 Å². The molecule has 0 radical (unpaired) electrons. The van der Waals surface area contributed by atoms with Crippen molar-refractivity contribution >= 4 is 33.9 Å². The molecule has 2 aromatic heterocycles. The Hall–Kier alpha value is -2.66. The van der Waals surface area contributed by atoms with Crippen LogP contribution in [0.25, 0.3) is 27.1 Å². The van der Waals surface area contributed by atoms with Crippen molar-refractivity contribution in [3.05, 3.63) is 59.8 Å². The van der Waals surface area contributed by atoms with E-state index in [-0.39, 0.29) is 0 Å². The van der Waals surface area contributed by atoms with Crippen molar-refractivity contribution in [2.75, 3.05) is 12.9 Å². The first-order chi connectivity index (χ1) is 12.7. The third-order valence-electron chi connectivity index (χ3n) is 4.05. The lowest BCUT2D eigenvalue weighted by molar-refractivity contribution is 0.112. The molecule has 3 aromatic rings. The highest BCUT2D eigenvalue weighted by atomic mass is 32.2. The summed E-state index contributed by atoms with van der Waals surface area (Å²) in [5.41, 5.74) is 4.37. The number of carbonyl (C=O) groups is 1. The number of hydrogen-bond donors (Lipinski definition) is 0. The smallest absolute Gasteiger partial charge is 0.222 e. The molecular weight excluding hydrogens is 344 g/mol. The zero-order valence-electron chi connectivity index (χ0n) is 15.0. The van der Waals surface area contributed by atoms with Crippen molar-refractivity contribution in [2.45, 2.75) is 13.8 Å². The Kier molecular flexibility index (Phi) is 5.68. The predicted molar refractivity (Wildman–Crippen MR) is 109 cm³/mol. The highest BCUT2D eigenvalue weighted by molar-refractivity contribution is 8.08. The van der Waals surface area contributed by atoms with Crippen molar-refractivity contribution in [3.8, 4) is 17.1 Å². The topological polar surface area (TPSA) is 52.1 Å². The number of ether oxygens (including phenoxy) is 1. The maximum absolute atomic E-state index is 11.0. The van der Waals surface area contributed by atoms with E-state index in [1.54, 1.807) is 25.1 Å². The molecule has 26 heavy (non-hydrogen) atoms. The number of benzene rings is 1. The number of allylic oxidation sites excluding steroid dienone is 1. The minimum atomic E-state index is 0.566. The van der Waals surface area contributed by atoms with Gasteiger partial charge in [-0.15, -0.1) is 11.8 Å². The molecule has 0 spiro atoms. The lowest BCUT2D eigenvalue weighted by atomic mass is 10.0. The van der Waals surface area contributed by atoms with E-state index in [1.165, 1.54) is 0 Å². The van der Waals surface area contributed by atoms with Crippen LogP contribution < -0.4 is 4.74 Å². The van der Waals surface area contributed by atoms with Crippen LogP contribution in [0.15, 0.2) is 48.7 Å². The summed E-state index contributed by atoms with van der Waals surface area (Å²) in [6, 6.07) is 11.5. The molecule has 132 valence electrons. The summed E-state index contributed by atoms with van der Waals surface area (Å²) < 4.78 is 5.42. The molecule has 4 nitrogen and oxygen atoms in total. The molecule has 0 amide bonds. The van der Waals surface area contributed by atoms with Crippen LogP contribution >= 0.6 is 11.8 Å². The SMILES string of the molecule is C/C=C(\SCC)c1cc2c(OC)nccc2nc1-c1ccc(C=O)cc1. The van der Waals surface area contributed by atoms with Crippen LogP contribution in [0.5, 0.6) is 5.88 Å². The normalized spacial score (nSPS) is 11.6. The Bertz CT molecular complexity index is 966. The van der Waals surface area contributed by atoms with Gasteiger partial charge in [-0.05, 0) is 24.8 Å². The summed E-state index contributed by atoms with van der Waals surface area (Å²) >= 11 is 1.77. The zero-order chi connectivity index (χ0) is 18.5. The molecule has 0 saturated carbocycles. The number of carbonyl (C=O) groups excluding carboxylic acids is 1. The summed E-state index contributed by atoms with van der Waals surface area (Å²) in [6.07, 6.45) is 4.65. The number of pyridine rings is 2. The number of aldehydes is 1. The van der Waals surface area contributed by atoms with Crippen LogP contribution in [0.2, 0.25) is 0 Å². The number of thioether (sulfide) groups is 1. The Morgan fingerprint density at radius 1 is 1.23 bits per heavy atom. The van der Waals surface area contributed by atoms with Gasteiger partial charge in [-0.3, -0.25) is 4.79 Å². The second kappa shape index (κ2) is 8.15. The number of methoxy groups -OCH3 is 1. The van der Waals surface area contributed by atoms with Crippen molar-refractivity contribution < 1.29 is 9.53 Å². The molecule has 5 heteroatoms. The minimum absolute atomic E-state index is 0.566. The molecule has 0 aliphatic rings. The monoisotopic (exact) mass is 364 g/mol. The van der Waals surface area contributed by atoms with E-state index in [9.17, 15) is 4.79 Å². The fraction of sp³-hybridized carbons (Fsp3) is 0.190. The summed E-state index contributed by atoms with van der Waals surface area (Å²) in [6.45, 7) is 4.16. The number of hydrogen-bond acceptors (Lipinski definition) is 5. The molecule has 1 aromatic carbocycles. The molecule has 0 unspecified atom stereocenters. The summed E-state index contributed by atoms with van der Waals surface area (Å²) in [5.74, 6) is 1.53. The lowest BCUT2D eigenvalue weighted by Crippen LogP contribution is -1.97. The first-order valence-electron chi connectivity index (χ1n) is 8.40. The molecule has 2 heterocycles. The minimum Gasteiger partial charge on any atom is -0.481 e. The van der Waals surface area contributed by atoms with E-state index in [0.717, 1.165) is 44.7 Å². The number of aromatic nitrogens is 2. The van der Waals surface area contributed by atoms with Gasteiger partial charge in [0.2, 0.25) is 5.88 Å². The molecule has 0 atom stereocenters. The molecule has 0 saturated heterocycles. The number of nitrogens with zero attached hydrogens (tertiary/aromatic N) is 2. The van der Waals surface area contributed by atoms with Crippen LogP contribution in [-0.4, -0.2) is 29.1 Å². The average molecular weight is 364 g/mol. The van der Waals surface area contributed by atoms with Crippen molar-refractivity contribution in [3.63, 3.8) is 0 Å².